The van der Waals surface area contributed by atoms with Crippen molar-refractivity contribution in [3.8, 4) is 0 Å². The van der Waals surface area contributed by atoms with Gasteiger partial charge in [0.2, 0.25) is 0 Å². The van der Waals surface area contributed by atoms with Gasteiger partial charge in [-0.2, -0.15) is 0 Å². The van der Waals surface area contributed by atoms with E-state index in [1.807, 2.05) is 6.07 Å². The number of carboxylic acid groups (broad SMARTS) is 1. The highest BCUT2D eigenvalue weighted by Crippen LogP contribution is 2.26. The van der Waals surface area contributed by atoms with E-state index in [0.29, 0.717) is 12.3 Å². The second-order valence-electron chi connectivity index (χ2n) is 5.17. The predicted molar refractivity (Wildman–Crippen MR) is 75.3 cm³/mol. The standard InChI is InChI=1S/C15H22N2O2/c1-16-14(15(18)19)8-10-17-9-7-13(11-17)12-5-3-2-4-6-12/h2-6,13-14,16H,7-11H2,1H3,(H,18,19). The van der Waals surface area contributed by atoms with Crippen molar-refractivity contribution in [2.45, 2.75) is 24.8 Å². The van der Waals surface area contributed by atoms with Gasteiger partial charge in [-0.15, -0.1) is 0 Å². The molecule has 4 nitrogen and oxygen atoms in total. The first-order valence-electron chi connectivity index (χ1n) is 6.88. The molecule has 0 spiro atoms. The SMILES string of the molecule is CNC(CCN1CCC(c2ccccc2)C1)C(=O)O. The lowest BCUT2D eigenvalue weighted by molar-refractivity contribution is -0.139. The number of hydrogen-bond acceptors (Lipinski definition) is 3. The van der Waals surface area contributed by atoms with Crippen LogP contribution in [0.15, 0.2) is 30.3 Å². The lowest BCUT2D eigenvalue weighted by Gasteiger charge is -2.18. The molecule has 2 rings (SSSR count). The van der Waals surface area contributed by atoms with Crippen LogP contribution in [-0.4, -0.2) is 48.7 Å². The summed E-state index contributed by atoms with van der Waals surface area (Å²) < 4.78 is 0. The largest absolute Gasteiger partial charge is 0.480 e. The number of rotatable bonds is 6. The summed E-state index contributed by atoms with van der Waals surface area (Å²) in [6.07, 6.45) is 1.83. The first kappa shape index (κ1) is 14.0. The topological polar surface area (TPSA) is 52.6 Å². The van der Waals surface area contributed by atoms with Gasteiger partial charge in [-0.05, 0) is 37.9 Å². The Balaban J connectivity index is 1.81. The average Bonchev–Trinajstić information content (AvgIpc) is 2.89. The third-order valence-electron chi connectivity index (χ3n) is 3.92. The number of benzene rings is 1. The molecule has 0 aromatic heterocycles. The third-order valence-corrected chi connectivity index (χ3v) is 3.92. The maximum Gasteiger partial charge on any atom is 0.320 e. The normalized spacial score (nSPS) is 21.4. The molecule has 1 aliphatic heterocycles. The molecule has 1 aromatic rings. The van der Waals surface area contributed by atoms with E-state index in [0.717, 1.165) is 19.6 Å². The van der Waals surface area contributed by atoms with Crippen LogP contribution in [0.25, 0.3) is 0 Å². The molecule has 1 heterocycles. The zero-order valence-electron chi connectivity index (χ0n) is 11.4. The van der Waals surface area contributed by atoms with E-state index in [9.17, 15) is 4.79 Å². The molecule has 2 unspecified atom stereocenters. The molecule has 19 heavy (non-hydrogen) atoms. The van der Waals surface area contributed by atoms with Gasteiger partial charge in [-0.1, -0.05) is 30.3 Å². The fourth-order valence-corrected chi connectivity index (χ4v) is 2.74. The second kappa shape index (κ2) is 6.68. The highest BCUT2D eigenvalue weighted by molar-refractivity contribution is 5.73. The summed E-state index contributed by atoms with van der Waals surface area (Å²) >= 11 is 0. The van der Waals surface area contributed by atoms with Crippen LogP contribution in [0.4, 0.5) is 0 Å². The Labute approximate surface area is 114 Å². The molecular formula is C15H22N2O2. The van der Waals surface area contributed by atoms with Gasteiger partial charge in [0.05, 0.1) is 0 Å². The lowest BCUT2D eigenvalue weighted by Crippen LogP contribution is -2.37. The van der Waals surface area contributed by atoms with Gasteiger partial charge in [0.15, 0.2) is 0 Å². The van der Waals surface area contributed by atoms with E-state index in [1.165, 1.54) is 12.0 Å². The summed E-state index contributed by atoms with van der Waals surface area (Å²) in [7, 11) is 1.70. The molecule has 0 saturated carbocycles. The van der Waals surface area contributed by atoms with Gasteiger partial charge >= 0.3 is 5.97 Å². The number of carbonyl (C=O) groups is 1. The van der Waals surface area contributed by atoms with Crippen molar-refractivity contribution in [1.29, 1.82) is 0 Å². The van der Waals surface area contributed by atoms with E-state index in [-0.39, 0.29) is 0 Å². The minimum atomic E-state index is -0.763. The second-order valence-corrected chi connectivity index (χ2v) is 5.17. The molecule has 0 bridgehead atoms. The molecule has 1 aromatic carbocycles. The van der Waals surface area contributed by atoms with Crippen LogP contribution < -0.4 is 5.32 Å². The molecule has 104 valence electrons. The van der Waals surface area contributed by atoms with E-state index in [4.69, 9.17) is 5.11 Å². The molecule has 1 aliphatic rings. The van der Waals surface area contributed by atoms with Crippen LogP contribution in [0.1, 0.15) is 24.3 Å². The molecule has 0 radical (unpaired) electrons. The molecular weight excluding hydrogens is 240 g/mol. The predicted octanol–water partition coefficient (Wildman–Crippen LogP) is 1.54. The van der Waals surface area contributed by atoms with Crippen LogP contribution in [0.2, 0.25) is 0 Å². The Morgan fingerprint density at radius 3 is 2.84 bits per heavy atom. The van der Waals surface area contributed by atoms with Gasteiger partial charge in [-0.25, -0.2) is 0 Å². The first-order valence-corrected chi connectivity index (χ1v) is 6.88. The third kappa shape index (κ3) is 3.78. The van der Waals surface area contributed by atoms with Crippen molar-refractivity contribution >= 4 is 5.97 Å². The molecule has 2 N–H and O–H groups in total. The number of carboxylic acids is 1. The van der Waals surface area contributed by atoms with E-state index >= 15 is 0 Å². The van der Waals surface area contributed by atoms with Crippen LogP contribution in [0.3, 0.4) is 0 Å². The Hall–Kier alpha value is -1.39. The minimum Gasteiger partial charge on any atom is -0.480 e. The quantitative estimate of drug-likeness (QED) is 0.816. The zero-order valence-corrected chi connectivity index (χ0v) is 11.4. The Bertz CT molecular complexity index is 408. The summed E-state index contributed by atoms with van der Waals surface area (Å²) in [6, 6.07) is 10.1. The first-order chi connectivity index (χ1) is 9.20. The summed E-state index contributed by atoms with van der Waals surface area (Å²) in [5.41, 5.74) is 1.40. The van der Waals surface area contributed by atoms with Crippen molar-refractivity contribution < 1.29 is 9.90 Å². The highest BCUT2D eigenvalue weighted by Gasteiger charge is 2.24. The average molecular weight is 262 g/mol. The van der Waals surface area contributed by atoms with Crippen molar-refractivity contribution in [3.05, 3.63) is 35.9 Å². The van der Waals surface area contributed by atoms with E-state index in [2.05, 4.69) is 34.5 Å². The Kier molecular flexibility index (Phi) is 4.93. The molecule has 2 atom stereocenters. The van der Waals surface area contributed by atoms with Crippen molar-refractivity contribution in [3.63, 3.8) is 0 Å². The van der Waals surface area contributed by atoms with Gasteiger partial charge in [0.25, 0.3) is 0 Å². The van der Waals surface area contributed by atoms with E-state index in [1.54, 1.807) is 7.05 Å². The van der Waals surface area contributed by atoms with Crippen molar-refractivity contribution in [1.82, 2.24) is 10.2 Å². The van der Waals surface area contributed by atoms with Gasteiger partial charge in [-0.3, -0.25) is 4.79 Å². The monoisotopic (exact) mass is 262 g/mol. The van der Waals surface area contributed by atoms with Crippen LogP contribution in [0.5, 0.6) is 0 Å². The molecule has 0 amide bonds. The summed E-state index contributed by atoms with van der Waals surface area (Å²) in [4.78, 5) is 13.3. The summed E-state index contributed by atoms with van der Waals surface area (Å²) in [6.45, 7) is 2.96. The molecule has 4 heteroatoms. The fraction of sp³-hybridized carbons (Fsp3) is 0.533. The van der Waals surface area contributed by atoms with Gasteiger partial charge in [0.1, 0.15) is 6.04 Å². The van der Waals surface area contributed by atoms with Crippen molar-refractivity contribution in [2.24, 2.45) is 0 Å². The Morgan fingerprint density at radius 1 is 1.47 bits per heavy atom. The number of nitrogens with zero attached hydrogens (tertiary/aromatic N) is 1. The summed E-state index contributed by atoms with van der Waals surface area (Å²) in [5, 5.41) is 11.8. The maximum atomic E-state index is 10.9. The number of hydrogen-bond donors (Lipinski definition) is 2. The molecule has 0 aliphatic carbocycles. The number of likely N-dealkylation sites (tertiary alicyclic amines) is 1. The van der Waals surface area contributed by atoms with E-state index < -0.39 is 12.0 Å². The fourth-order valence-electron chi connectivity index (χ4n) is 2.74. The van der Waals surface area contributed by atoms with Gasteiger partial charge < -0.3 is 15.3 Å². The van der Waals surface area contributed by atoms with Crippen LogP contribution in [0, 0.1) is 0 Å². The number of nitrogens with one attached hydrogen (secondary N) is 1. The highest BCUT2D eigenvalue weighted by atomic mass is 16.4. The van der Waals surface area contributed by atoms with Gasteiger partial charge in [0, 0.05) is 13.1 Å². The maximum absolute atomic E-state index is 10.9. The van der Waals surface area contributed by atoms with Crippen molar-refractivity contribution in [2.75, 3.05) is 26.7 Å². The lowest BCUT2D eigenvalue weighted by atomic mass is 9.99. The number of likely N-dealkylation sites (N-methyl/N-ethyl adjacent to an activating group) is 1. The van der Waals surface area contributed by atoms with Crippen LogP contribution >= 0.6 is 0 Å². The molecule has 1 fully saturated rings. The molecule has 1 saturated heterocycles. The smallest absolute Gasteiger partial charge is 0.320 e. The zero-order chi connectivity index (χ0) is 13.7. The number of aliphatic carboxylic acids is 1. The minimum absolute atomic E-state index is 0.434. The summed E-state index contributed by atoms with van der Waals surface area (Å²) in [5.74, 6) is -0.166. The Morgan fingerprint density at radius 2 is 2.21 bits per heavy atom. The van der Waals surface area contributed by atoms with Crippen LogP contribution in [-0.2, 0) is 4.79 Å².